The van der Waals surface area contributed by atoms with E-state index in [1.165, 1.54) is 5.76 Å². The van der Waals surface area contributed by atoms with Crippen molar-refractivity contribution < 1.29 is 34.5 Å². The van der Waals surface area contributed by atoms with Crippen LogP contribution >= 0.6 is 0 Å². The maximum absolute atomic E-state index is 12.3. The summed E-state index contributed by atoms with van der Waals surface area (Å²) in [6.07, 6.45) is -6.27. The Balaban J connectivity index is 4.69. The fraction of sp³-hybridized carbons (Fsp3) is 1.00. The number of rotatable bonds is 4. The fourth-order valence-corrected chi connectivity index (χ4v) is 1.14. The fourth-order valence-electron chi connectivity index (χ4n) is 0.461. The van der Waals surface area contributed by atoms with Gasteiger partial charge in [-0.1, -0.05) is 0 Å². The summed E-state index contributed by atoms with van der Waals surface area (Å²) in [5, 5.41) is 0. The van der Waals surface area contributed by atoms with E-state index in [0.29, 0.717) is 0 Å². The normalized spacial score (nSPS) is 14.6. The first-order chi connectivity index (χ1) is 6.06. The molecule has 0 unspecified atom stereocenters. The second-order valence-electron chi connectivity index (χ2n) is 2.27. The number of hydrogen-bond acceptors (Lipinski definition) is 1. The molecule has 0 amide bonds. The molecular weight excluding hydrogens is 282 g/mol. The SMILES string of the molecule is [CH3][Ge][O]CC(F)(F)C(F)(F)C(F)(F)F. The second-order valence-corrected chi connectivity index (χ2v) is 3.73. The molecule has 0 aromatic heterocycles. The number of alkyl halides is 7. The molecule has 0 aliphatic rings. The van der Waals surface area contributed by atoms with Crippen LogP contribution in [0.3, 0.4) is 0 Å². The summed E-state index contributed by atoms with van der Waals surface area (Å²) in [6.45, 7) is -1.91. The van der Waals surface area contributed by atoms with Crippen molar-refractivity contribution in [2.75, 3.05) is 6.61 Å². The van der Waals surface area contributed by atoms with Crippen LogP contribution in [0.5, 0.6) is 0 Å². The second kappa shape index (κ2) is 4.25. The standard InChI is InChI=1S/C5H5F7GeO/c1-13-14-2-3(6,7)4(8,9)5(10,11)12/h2H2,1H3. The zero-order chi connectivity index (χ0) is 11.6. The molecule has 0 fully saturated rings. The van der Waals surface area contributed by atoms with E-state index in [2.05, 4.69) is 3.76 Å². The third-order valence-corrected chi connectivity index (χ3v) is 2.12. The van der Waals surface area contributed by atoms with E-state index in [9.17, 15) is 30.7 Å². The van der Waals surface area contributed by atoms with Crippen LogP contribution in [0.4, 0.5) is 30.7 Å². The molecule has 0 atom stereocenters. The Labute approximate surface area is 81.4 Å². The van der Waals surface area contributed by atoms with Gasteiger partial charge in [-0.15, -0.1) is 0 Å². The molecule has 0 aromatic carbocycles. The summed E-state index contributed by atoms with van der Waals surface area (Å²) in [5.74, 6) is -9.95. The van der Waals surface area contributed by atoms with Gasteiger partial charge < -0.3 is 0 Å². The summed E-state index contributed by atoms with van der Waals surface area (Å²) in [5.41, 5.74) is 0. The van der Waals surface area contributed by atoms with Crippen LogP contribution in [0, 0.1) is 0 Å². The molecular formula is C5H5F7GeO. The van der Waals surface area contributed by atoms with Gasteiger partial charge in [-0.3, -0.25) is 0 Å². The summed E-state index contributed by atoms with van der Waals surface area (Å²) in [4.78, 5) is 0. The Morgan fingerprint density at radius 1 is 1.00 bits per heavy atom. The van der Waals surface area contributed by atoms with E-state index in [1.54, 1.807) is 0 Å². The van der Waals surface area contributed by atoms with Crippen molar-refractivity contribution in [3.05, 3.63) is 0 Å². The van der Waals surface area contributed by atoms with Crippen LogP contribution in [0.25, 0.3) is 0 Å². The molecule has 1 nitrogen and oxygen atoms in total. The zero-order valence-electron chi connectivity index (χ0n) is 6.76. The van der Waals surface area contributed by atoms with Gasteiger partial charge in [0.15, 0.2) is 0 Å². The number of halogens is 7. The molecule has 2 radical (unpaired) electrons. The van der Waals surface area contributed by atoms with Crippen molar-refractivity contribution in [1.82, 2.24) is 0 Å². The van der Waals surface area contributed by atoms with Crippen molar-refractivity contribution in [2.45, 2.75) is 23.8 Å². The Morgan fingerprint density at radius 3 is 1.71 bits per heavy atom. The minimum absolute atomic E-state index is 1.32. The summed E-state index contributed by atoms with van der Waals surface area (Å²) in [6, 6.07) is 0. The van der Waals surface area contributed by atoms with Crippen LogP contribution in [-0.4, -0.2) is 40.4 Å². The van der Waals surface area contributed by atoms with Gasteiger partial charge in [0, 0.05) is 0 Å². The molecule has 14 heavy (non-hydrogen) atoms. The molecule has 0 rings (SSSR count). The van der Waals surface area contributed by atoms with E-state index >= 15 is 0 Å². The quantitative estimate of drug-likeness (QED) is 0.570. The Kier molecular flexibility index (Phi) is 4.26. The third-order valence-electron chi connectivity index (χ3n) is 1.21. The molecule has 9 heteroatoms. The van der Waals surface area contributed by atoms with E-state index in [1.807, 2.05) is 0 Å². The predicted molar refractivity (Wildman–Crippen MR) is 33.5 cm³/mol. The summed E-state index contributed by atoms with van der Waals surface area (Å²) < 4.78 is 87.2. The van der Waals surface area contributed by atoms with E-state index < -0.39 is 40.4 Å². The molecule has 0 saturated heterocycles. The zero-order valence-corrected chi connectivity index (χ0v) is 8.86. The van der Waals surface area contributed by atoms with Crippen LogP contribution in [0.2, 0.25) is 5.76 Å². The van der Waals surface area contributed by atoms with Crippen molar-refractivity contribution in [1.29, 1.82) is 0 Å². The summed E-state index contributed by atoms with van der Waals surface area (Å²) in [7, 11) is 0. The van der Waals surface area contributed by atoms with Gasteiger partial charge in [0.05, 0.1) is 0 Å². The first-order valence-electron chi connectivity index (χ1n) is 3.17. The molecule has 0 aliphatic carbocycles. The molecule has 0 bridgehead atoms. The van der Waals surface area contributed by atoms with Crippen LogP contribution in [0.1, 0.15) is 0 Å². The van der Waals surface area contributed by atoms with Gasteiger partial charge in [0.1, 0.15) is 0 Å². The molecule has 0 heterocycles. The topological polar surface area (TPSA) is 9.23 Å². The molecule has 0 N–H and O–H groups in total. The van der Waals surface area contributed by atoms with Gasteiger partial charge in [0.2, 0.25) is 0 Å². The average molecular weight is 287 g/mol. The monoisotopic (exact) mass is 288 g/mol. The predicted octanol–water partition coefficient (Wildman–Crippen LogP) is 2.50. The first kappa shape index (κ1) is 14.0. The average Bonchev–Trinajstić information content (AvgIpc) is 1.98. The van der Waals surface area contributed by atoms with Crippen molar-refractivity contribution in [3.8, 4) is 0 Å². The Hall–Kier alpha value is 0.0129. The van der Waals surface area contributed by atoms with Gasteiger partial charge in [-0.2, -0.15) is 0 Å². The third kappa shape index (κ3) is 2.75. The van der Waals surface area contributed by atoms with E-state index in [0.717, 1.165) is 0 Å². The van der Waals surface area contributed by atoms with Gasteiger partial charge in [-0.05, 0) is 0 Å². The Morgan fingerprint density at radius 2 is 1.43 bits per heavy atom. The molecule has 0 saturated carbocycles. The van der Waals surface area contributed by atoms with Crippen LogP contribution < -0.4 is 0 Å². The molecule has 0 aromatic rings. The van der Waals surface area contributed by atoms with Crippen molar-refractivity contribution >= 4 is 15.8 Å². The maximum atomic E-state index is 12.3. The molecule has 0 aliphatic heterocycles. The van der Waals surface area contributed by atoms with E-state index in [-0.39, 0.29) is 0 Å². The number of hydrogen-bond donors (Lipinski definition) is 0. The van der Waals surface area contributed by atoms with Gasteiger partial charge >= 0.3 is 80.6 Å². The minimum atomic E-state index is -6.27. The van der Waals surface area contributed by atoms with Crippen molar-refractivity contribution in [3.63, 3.8) is 0 Å². The van der Waals surface area contributed by atoms with Gasteiger partial charge in [0.25, 0.3) is 0 Å². The Bertz CT molecular complexity index is 189. The molecule has 84 valence electrons. The van der Waals surface area contributed by atoms with E-state index in [4.69, 9.17) is 0 Å². The van der Waals surface area contributed by atoms with Crippen molar-refractivity contribution in [2.24, 2.45) is 0 Å². The summed E-state index contributed by atoms with van der Waals surface area (Å²) >= 11 is -1.34. The first-order valence-corrected chi connectivity index (χ1v) is 6.12. The molecule has 0 spiro atoms. The van der Waals surface area contributed by atoms with Crippen LogP contribution in [0.15, 0.2) is 0 Å². The van der Waals surface area contributed by atoms with Crippen LogP contribution in [-0.2, 0) is 3.76 Å². The van der Waals surface area contributed by atoms with Gasteiger partial charge in [-0.25, -0.2) is 0 Å².